The van der Waals surface area contributed by atoms with Gasteiger partial charge >= 0.3 is 0 Å². The Bertz CT molecular complexity index is 577. The first-order valence-corrected chi connectivity index (χ1v) is 6.30. The van der Waals surface area contributed by atoms with Gasteiger partial charge in [-0.05, 0) is 29.7 Å². The summed E-state index contributed by atoms with van der Waals surface area (Å²) in [4.78, 5) is 4.31. The number of benzene rings is 1. The van der Waals surface area contributed by atoms with Crippen molar-refractivity contribution >= 4 is 26.7 Å². The van der Waals surface area contributed by atoms with E-state index in [-0.39, 0.29) is 5.92 Å². The highest BCUT2D eigenvalue weighted by Gasteiger charge is 2.14. The Morgan fingerprint density at radius 3 is 2.94 bits per heavy atom. The van der Waals surface area contributed by atoms with Crippen molar-refractivity contribution in [1.29, 1.82) is 5.26 Å². The van der Waals surface area contributed by atoms with Gasteiger partial charge in [-0.1, -0.05) is 15.9 Å². The van der Waals surface area contributed by atoms with Gasteiger partial charge < -0.3 is 4.74 Å². The van der Waals surface area contributed by atoms with E-state index in [1.807, 2.05) is 24.3 Å². The van der Waals surface area contributed by atoms with Gasteiger partial charge in [-0.2, -0.15) is 5.26 Å². The number of nitriles is 1. The molecule has 3 nitrogen and oxygen atoms in total. The maximum absolute atomic E-state index is 9.09. The highest BCUT2D eigenvalue weighted by Crippen LogP contribution is 2.27. The minimum absolute atomic E-state index is 0.230. The second-order valence-corrected chi connectivity index (χ2v) is 4.27. The Morgan fingerprint density at radius 2 is 2.29 bits per heavy atom. The number of nitrogens with zero attached hydrogens (tertiary/aromatic N) is 2. The lowest BCUT2D eigenvalue weighted by atomic mass is 10.0. The lowest BCUT2D eigenvalue weighted by Gasteiger charge is -2.09. The van der Waals surface area contributed by atoms with Gasteiger partial charge in [-0.25, -0.2) is 0 Å². The molecule has 2 rings (SSSR count). The summed E-state index contributed by atoms with van der Waals surface area (Å²) in [6.45, 7) is 0. The second-order valence-electron chi connectivity index (χ2n) is 3.62. The smallest absolute Gasteiger partial charge is 0.119 e. The van der Waals surface area contributed by atoms with E-state index in [9.17, 15) is 0 Å². The average molecular weight is 291 g/mol. The summed E-state index contributed by atoms with van der Waals surface area (Å²) >= 11 is 3.34. The number of rotatable bonds is 3. The van der Waals surface area contributed by atoms with Gasteiger partial charge in [0.2, 0.25) is 0 Å². The zero-order valence-electron chi connectivity index (χ0n) is 9.35. The van der Waals surface area contributed by atoms with Crippen molar-refractivity contribution < 1.29 is 4.74 Å². The molecule has 1 heterocycles. The van der Waals surface area contributed by atoms with Gasteiger partial charge in [-0.3, -0.25) is 4.98 Å². The first kappa shape index (κ1) is 11.9. The van der Waals surface area contributed by atoms with E-state index in [4.69, 9.17) is 10.00 Å². The SMILES string of the molecule is COc1ccc2c(C(C#N)CBr)nccc2c1. The number of pyridine rings is 1. The third-order valence-electron chi connectivity index (χ3n) is 2.64. The Hall–Kier alpha value is -1.60. The molecule has 1 aromatic heterocycles. The average Bonchev–Trinajstić information content (AvgIpc) is 2.39. The van der Waals surface area contributed by atoms with Crippen molar-refractivity contribution in [3.05, 3.63) is 36.2 Å². The third-order valence-corrected chi connectivity index (χ3v) is 3.29. The molecule has 0 aliphatic heterocycles. The molecule has 0 saturated carbocycles. The Balaban J connectivity index is 2.62. The number of aromatic nitrogens is 1. The monoisotopic (exact) mass is 290 g/mol. The van der Waals surface area contributed by atoms with Crippen LogP contribution in [0.25, 0.3) is 10.8 Å². The molecule has 86 valence electrons. The van der Waals surface area contributed by atoms with Crippen LogP contribution in [0.15, 0.2) is 30.5 Å². The normalized spacial score (nSPS) is 12.1. The number of methoxy groups -OCH3 is 1. The first-order chi connectivity index (χ1) is 8.30. The van der Waals surface area contributed by atoms with Crippen LogP contribution in [0.4, 0.5) is 0 Å². The van der Waals surface area contributed by atoms with Crippen LogP contribution < -0.4 is 4.74 Å². The van der Waals surface area contributed by atoms with E-state index in [0.717, 1.165) is 22.2 Å². The summed E-state index contributed by atoms with van der Waals surface area (Å²) < 4.78 is 5.18. The van der Waals surface area contributed by atoms with Crippen LogP contribution in [-0.2, 0) is 0 Å². The third kappa shape index (κ3) is 2.25. The van der Waals surface area contributed by atoms with E-state index < -0.39 is 0 Å². The predicted octanol–water partition coefficient (Wildman–Crippen LogP) is 3.25. The molecule has 0 aliphatic rings. The van der Waals surface area contributed by atoms with Crippen LogP contribution in [0.3, 0.4) is 0 Å². The standard InChI is InChI=1S/C13H11BrN2O/c1-17-11-2-3-12-9(6-11)4-5-16-13(12)10(7-14)8-15/h2-6,10H,7H2,1H3. The number of hydrogen-bond acceptors (Lipinski definition) is 3. The van der Waals surface area contributed by atoms with Gasteiger partial charge in [0, 0.05) is 16.9 Å². The van der Waals surface area contributed by atoms with Gasteiger partial charge in [0.25, 0.3) is 0 Å². The Labute approximate surface area is 108 Å². The Kier molecular flexibility index (Phi) is 3.60. The van der Waals surface area contributed by atoms with Gasteiger partial charge in [-0.15, -0.1) is 0 Å². The van der Waals surface area contributed by atoms with Crippen LogP contribution in [0.1, 0.15) is 11.6 Å². The molecule has 0 spiro atoms. The lowest BCUT2D eigenvalue weighted by molar-refractivity contribution is 0.415. The molecular weight excluding hydrogens is 280 g/mol. The zero-order chi connectivity index (χ0) is 12.3. The summed E-state index contributed by atoms with van der Waals surface area (Å²) in [6.07, 6.45) is 1.73. The quantitative estimate of drug-likeness (QED) is 0.815. The number of halogens is 1. The van der Waals surface area contributed by atoms with Crippen molar-refractivity contribution in [2.75, 3.05) is 12.4 Å². The van der Waals surface area contributed by atoms with Crippen molar-refractivity contribution in [2.24, 2.45) is 0 Å². The molecule has 1 unspecified atom stereocenters. The number of alkyl halides is 1. The molecule has 0 aliphatic carbocycles. The van der Waals surface area contributed by atoms with Crippen LogP contribution in [0.2, 0.25) is 0 Å². The highest BCUT2D eigenvalue weighted by atomic mass is 79.9. The molecule has 1 atom stereocenters. The second kappa shape index (κ2) is 5.15. The molecule has 0 bridgehead atoms. The molecule has 1 aromatic carbocycles. The van der Waals surface area contributed by atoms with Gasteiger partial charge in [0.05, 0.1) is 24.8 Å². The van der Waals surface area contributed by atoms with E-state index in [1.54, 1.807) is 13.3 Å². The topological polar surface area (TPSA) is 45.9 Å². The van der Waals surface area contributed by atoms with Crippen molar-refractivity contribution in [3.8, 4) is 11.8 Å². The van der Waals surface area contributed by atoms with Gasteiger partial charge in [0.15, 0.2) is 0 Å². The van der Waals surface area contributed by atoms with Crippen LogP contribution >= 0.6 is 15.9 Å². The summed E-state index contributed by atoms with van der Waals surface area (Å²) in [5, 5.41) is 11.7. The minimum atomic E-state index is -0.230. The highest BCUT2D eigenvalue weighted by molar-refractivity contribution is 9.09. The number of hydrogen-bond donors (Lipinski definition) is 0. The van der Waals surface area contributed by atoms with Crippen LogP contribution in [-0.4, -0.2) is 17.4 Å². The molecule has 0 fully saturated rings. The summed E-state index contributed by atoms with van der Waals surface area (Å²) in [7, 11) is 1.64. The van der Waals surface area contributed by atoms with Crippen LogP contribution in [0, 0.1) is 11.3 Å². The molecule has 0 N–H and O–H groups in total. The molecule has 0 saturated heterocycles. The van der Waals surface area contributed by atoms with E-state index in [2.05, 4.69) is 27.0 Å². The van der Waals surface area contributed by atoms with Crippen molar-refractivity contribution in [3.63, 3.8) is 0 Å². The number of ether oxygens (including phenoxy) is 1. The maximum Gasteiger partial charge on any atom is 0.119 e. The van der Waals surface area contributed by atoms with Crippen LogP contribution in [0.5, 0.6) is 5.75 Å². The van der Waals surface area contributed by atoms with Crippen molar-refractivity contribution in [1.82, 2.24) is 4.98 Å². The number of fused-ring (bicyclic) bond motifs is 1. The molecule has 4 heteroatoms. The fourth-order valence-corrected chi connectivity index (χ4v) is 2.20. The maximum atomic E-state index is 9.09. The fraction of sp³-hybridized carbons (Fsp3) is 0.231. The largest absolute Gasteiger partial charge is 0.497 e. The lowest BCUT2D eigenvalue weighted by Crippen LogP contribution is -2.01. The zero-order valence-corrected chi connectivity index (χ0v) is 10.9. The van der Waals surface area contributed by atoms with Gasteiger partial charge in [0.1, 0.15) is 5.75 Å². The molecular formula is C13H11BrN2O. The fourth-order valence-electron chi connectivity index (χ4n) is 1.75. The summed E-state index contributed by atoms with van der Waals surface area (Å²) in [5.74, 6) is 0.578. The Morgan fingerprint density at radius 1 is 1.47 bits per heavy atom. The van der Waals surface area contributed by atoms with E-state index >= 15 is 0 Å². The van der Waals surface area contributed by atoms with E-state index in [0.29, 0.717) is 5.33 Å². The molecule has 2 aromatic rings. The summed E-state index contributed by atoms with van der Waals surface area (Å²) in [6, 6.07) is 9.95. The summed E-state index contributed by atoms with van der Waals surface area (Å²) in [5.41, 5.74) is 0.810. The first-order valence-electron chi connectivity index (χ1n) is 5.18. The molecule has 0 radical (unpaired) electrons. The van der Waals surface area contributed by atoms with Crippen molar-refractivity contribution in [2.45, 2.75) is 5.92 Å². The molecule has 17 heavy (non-hydrogen) atoms. The molecule has 0 amide bonds. The van der Waals surface area contributed by atoms with E-state index in [1.165, 1.54) is 0 Å². The minimum Gasteiger partial charge on any atom is -0.497 e. The predicted molar refractivity (Wildman–Crippen MR) is 70.4 cm³/mol.